The molecule has 0 spiro atoms. The van der Waals surface area contributed by atoms with Crippen LogP contribution in [0.25, 0.3) is 11.1 Å². The van der Waals surface area contributed by atoms with Gasteiger partial charge in [-0.25, -0.2) is 0 Å². The molecule has 116 valence electrons. The third-order valence-corrected chi connectivity index (χ3v) is 5.42. The van der Waals surface area contributed by atoms with Crippen molar-refractivity contribution in [3.05, 3.63) is 77.0 Å². The van der Waals surface area contributed by atoms with E-state index in [0.29, 0.717) is 0 Å². The molecule has 23 heavy (non-hydrogen) atoms. The lowest BCUT2D eigenvalue weighted by Crippen LogP contribution is -2.39. The average Bonchev–Trinajstić information content (AvgIpc) is 2.57. The van der Waals surface area contributed by atoms with Gasteiger partial charge in [0.05, 0.1) is 5.69 Å². The normalized spacial score (nSPS) is 21.3. The van der Waals surface area contributed by atoms with Crippen molar-refractivity contribution in [1.29, 1.82) is 0 Å². The smallest absolute Gasteiger partial charge is 0.0535 e. The Kier molecular flexibility index (Phi) is 3.02. The van der Waals surface area contributed by atoms with E-state index in [1.807, 2.05) is 0 Å². The molecule has 0 bridgehead atoms. The first kappa shape index (κ1) is 14.3. The van der Waals surface area contributed by atoms with E-state index in [2.05, 4.69) is 87.2 Å². The minimum Gasteiger partial charge on any atom is -0.336 e. The first-order valence-corrected chi connectivity index (χ1v) is 8.42. The Morgan fingerprint density at radius 3 is 2.39 bits per heavy atom. The summed E-state index contributed by atoms with van der Waals surface area (Å²) in [6.45, 7) is 9.96. The summed E-state index contributed by atoms with van der Waals surface area (Å²) >= 11 is 0. The summed E-state index contributed by atoms with van der Waals surface area (Å²) in [6, 6.07) is 15.6. The number of anilines is 1. The molecule has 0 saturated heterocycles. The molecular formula is C22H23N. The van der Waals surface area contributed by atoms with E-state index in [1.165, 1.54) is 39.2 Å². The molecule has 0 N–H and O–H groups in total. The first-order chi connectivity index (χ1) is 11.1. The highest BCUT2D eigenvalue weighted by molar-refractivity contribution is 5.90. The molecule has 1 heteroatoms. The summed E-state index contributed by atoms with van der Waals surface area (Å²) in [5.74, 6) is 0. The zero-order valence-electron chi connectivity index (χ0n) is 14.4. The number of rotatable bonds is 0. The molecule has 0 radical (unpaired) electrons. The topological polar surface area (TPSA) is 3.24 Å². The van der Waals surface area contributed by atoms with Crippen LogP contribution in [0.2, 0.25) is 0 Å². The van der Waals surface area contributed by atoms with Crippen LogP contribution in [0.1, 0.15) is 38.8 Å². The summed E-state index contributed by atoms with van der Waals surface area (Å²) in [6.07, 6.45) is 4.55. The zero-order valence-corrected chi connectivity index (χ0v) is 14.4. The van der Waals surface area contributed by atoms with Gasteiger partial charge in [0.1, 0.15) is 0 Å². The van der Waals surface area contributed by atoms with Gasteiger partial charge in [-0.15, -0.1) is 0 Å². The molecular weight excluding hydrogens is 278 g/mol. The quantitative estimate of drug-likeness (QED) is 0.593. The van der Waals surface area contributed by atoms with Crippen LogP contribution < -0.4 is 4.90 Å². The Bertz CT molecular complexity index is 852. The van der Waals surface area contributed by atoms with Crippen molar-refractivity contribution in [2.75, 3.05) is 4.90 Å². The van der Waals surface area contributed by atoms with Gasteiger partial charge in [0.25, 0.3) is 0 Å². The number of benzene rings is 2. The van der Waals surface area contributed by atoms with Gasteiger partial charge in [-0.1, -0.05) is 68.5 Å². The average molecular weight is 301 g/mol. The van der Waals surface area contributed by atoms with E-state index in [-0.39, 0.29) is 5.41 Å². The fraction of sp³-hybridized carbons (Fsp3) is 0.273. The molecule has 0 aliphatic carbocycles. The van der Waals surface area contributed by atoms with Crippen molar-refractivity contribution in [3.8, 4) is 11.1 Å². The van der Waals surface area contributed by atoms with Crippen molar-refractivity contribution >= 4 is 5.69 Å². The van der Waals surface area contributed by atoms with Crippen LogP contribution >= 0.6 is 0 Å². The van der Waals surface area contributed by atoms with E-state index in [9.17, 15) is 0 Å². The molecule has 0 fully saturated rings. The monoisotopic (exact) mass is 301 g/mol. The maximum atomic E-state index is 2.51. The third kappa shape index (κ3) is 1.80. The van der Waals surface area contributed by atoms with Crippen LogP contribution in [0, 0.1) is 0 Å². The number of allylic oxidation sites excluding steroid dienone is 3. The van der Waals surface area contributed by atoms with Crippen molar-refractivity contribution in [3.63, 3.8) is 0 Å². The lowest BCUT2D eigenvalue weighted by atomic mass is 9.70. The van der Waals surface area contributed by atoms with Gasteiger partial charge in [-0.05, 0) is 36.1 Å². The van der Waals surface area contributed by atoms with Gasteiger partial charge in [0, 0.05) is 23.2 Å². The molecule has 0 unspecified atom stereocenters. The molecule has 2 aromatic carbocycles. The van der Waals surface area contributed by atoms with Gasteiger partial charge < -0.3 is 4.90 Å². The number of hydrogen-bond donors (Lipinski definition) is 0. The van der Waals surface area contributed by atoms with E-state index >= 15 is 0 Å². The molecule has 2 aliphatic heterocycles. The molecule has 0 amide bonds. The van der Waals surface area contributed by atoms with Crippen LogP contribution in [0.3, 0.4) is 0 Å². The van der Waals surface area contributed by atoms with Gasteiger partial charge in [-0.2, -0.15) is 0 Å². The van der Waals surface area contributed by atoms with Gasteiger partial charge in [0.15, 0.2) is 0 Å². The van der Waals surface area contributed by atoms with Gasteiger partial charge in [0.2, 0.25) is 0 Å². The van der Waals surface area contributed by atoms with E-state index < -0.39 is 0 Å². The lowest BCUT2D eigenvalue weighted by Gasteiger charge is -2.47. The lowest BCUT2D eigenvalue weighted by molar-refractivity contribution is 0.598. The fourth-order valence-corrected chi connectivity index (χ4v) is 4.36. The minimum atomic E-state index is 0.0325. The van der Waals surface area contributed by atoms with Crippen LogP contribution in [-0.4, -0.2) is 0 Å². The molecule has 0 atom stereocenters. The fourth-order valence-electron chi connectivity index (χ4n) is 4.36. The van der Waals surface area contributed by atoms with Crippen molar-refractivity contribution in [2.24, 2.45) is 0 Å². The predicted molar refractivity (Wildman–Crippen MR) is 98.6 cm³/mol. The van der Waals surface area contributed by atoms with Crippen LogP contribution in [0.15, 0.2) is 65.9 Å². The maximum absolute atomic E-state index is 2.51. The van der Waals surface area contributed by atoms with Crippen molar-refractivity contribution in [2.45, 2.75) is 39.7 Å². The molecule has 2 heterocycles. The molecule has 1 nitrogen and oxygen atoms in total. The highest BCUT2D eigenvalue weighted by atomic mass is 15.2. The van der Waals surface area contributed by atoms with Gasteiger partial charge >= 0.3 is 0 Å². The standard InChI is InChI=1S/C22H23N/c1-5-18-20(6-2)23-14-15-10-7-8-11-16(15)17-12-9-13-19(21(17)23)22(18,3)4/h5-13H,14H2,1-4H3. The number of hydrogen-bond acceptors (Lipinski definition) is 1. The molecule has 0 saturated carbocycles. The number of nitrogens with zero attached hydrogens (tertiary/aromatic N) is 1. The van der Waals surface area contributed by atoms with E-state index in [1.54, 1.807) is 0 Å². The predicted octanol–water partition coefficient (Wildman–Crippen LogP) is 5.81. The summed E-state index contributed by atoms with van der Waals surface area (Å²) in [4.78, 5) is 2.51. The Morgan fingerprint density at radius 1 is 0.913 bits per heavy atom. The largest absolute Gasteiger partial charge is 0.336 e. The summed E-state index contributed by atoms with van der Waals surface area (Å²) in [5, 5.41) is 0. The first-order valence-electron chi connectivity index (χ1n) is 8.42. The highest BCUT2D eigenvalue weighted by Gasteiger charge is 2.40. The number of para-hydroxylation sites is 1. The zero-order chi connectivity index (χ0) is 16.2. The second kappa shape index (κ2) is 4.86. The summed E-state index contributed by atoms with van der Waals surface area (Å²) in [7, 11) is 0. The molecule has 0 aromatic heterocycles. The molecule has 2 aliphatic rings. The minimum absolute atomic E-state index is 0.0325. The number of fused-ring (bicyclic) bond motifs is 2. The maximum Gasteiger partial charge on any atom is 0.0535 e. The molecule has 2 aromatic rings. The Balaban J connectivity index is 2.11. The van der Waals surface area contributed by atoms with Crippen molar-refractivity contribution < 1.29 is 0 Å². The van der Waals surface area contributed by atoms with Gasteiger partial charge in [-0.3, -0.25) is 0 Å². The third-order valence-electron chi connectivity index (χ3n) is 5.42. The van der Waals surface area contributed by atoms with Crippen molar-refractivity contribution in [1.82, 2.24) is 0 Å². The van der Waals surface area contributed by atoms with Crippen LogP contribution in [0.4, 0.5) is 5.69 Å². The summed E-state index contributed by atoms with van der Waals surface area (Å²) in [5.41, 5.74) is 9.80. The Labute approximate surface area is 139 Å². The van der Waals surface area contributed by atoms with Crippen LogP contribution in [-0.2, 0) is 12.0 Å². The second-order valence-electron chi connectivity index (χ2n) is 6.95. The highest BCUT2D eigenvalue weighted by Crippen LogP contribution is 2.53. The Hall–Kier alpha value is -2.28. The SMILES string of the molecule is CC=C1C(=CC)C(C)(C)c2cccc3c2N1Cc1ccccc1-3. The van der Waals surface area contributed by atoms with E-state index in [4.69, 9.17) is 0 Å². The Morgan fingerprint density at radius 2 is 1.65 bits per heavy atom. The van der Waals surface area contributed by atoms with E-state index in [0.717, 1.165) is 6.54 Å². The summed E-state index contributed by atoms with van der Waals surface area (Å²) < 4.78 is 0. The van der Waals surface area contributed by atoms with Crippen LogP contribution in [0.5, 0.6) is 0 Å². The second-order valence-corrected chi connectivity index (χ2v) is 6.95. The molecule has 4 rings (SSSR count).